The Balaban J connectivity index is 1.27. The lowest BCUT2D eigenvalue weighted by atomic mass is 9.79. The van der Waals surface area contributed by atoms with E-state index in [9.17, 15) is 0 Å². The first kappa shape index (κ1) is 27.3. The van der Waals surface area contributed by atoms with Crippen LogP contribution in [-0.4, -0.2) is 19.8 Å². The van der Waals surface area contributed by atoms with Crippen LogP contribution in [0.4, 0.5) is 0 Å². The van der Waals surface area contributed by atoms with Gasteiger partial charge in [-0.3, -0.25) is 0 Å². The molecule has 192 valence electrons. The summed E-state index contributed by atoms with van der Waals surface area (Å²) < 4.78 is 18.0. The first-order valence-corrected chi connectivity index (χ1v) is 14.4. The van der Waals surface area contributed by atoms with Crippen LogP contribution in [0.1, 0.15) is 116 Å². The largest absolute Gasteiger partial charge is 0.490 e. The molecule has 3 heteroatoms. The summed E-state index contributed by atoms with van der Waals surface area (Å²) in [5, 5.41) is 0. The van der Waals surface area contributed by atoms with Gasteiger partial charge in [-0.05, 0) is 56.1 Å². The molecule has 1 aliphatic carbocycles. The monoisotopic (exact) mass is 470 g/mol. The van der Waals surface area contributed by atoms with Crippen molar-refractivity contribution in [3.63, 3.8) is 0 Å². The molecule has 3 rings (SSSR count). The van der Waals surface area contributed by atoms with Crippen molar-refractivity contribution < 1.29 is 14.2 Å². The first-order chi connectivity index (χ1) is 16.8. The summed E-state index contributed by atoms with van der Waals surface area (Å²) in [6, 6.07) is 8.23. The van der Waals surface area contributed by atoms with Crippen molar-refractivity contribution in [3.05, 3.63) is 42.0 Å². The molecule has 1 saturated carbocycles. The Kier molecular flexibility index (Phi) is 13.1. The van der Waals surface area contributed by atoms with E-state index >= 15 is 0 Å². The second kappa shape index (κ2) is 16.4. The highest BCUT2D eigenvalue weighted by Crippen LogP contribution is 2.33. The van der Waals surface area contributed by atoms with Crippen molar-refractivity contribution in [2.45, 2.75) is 110 Å². The third-order valence-corrected chi connectivity index (χ3v) is 7.70. The van der Waals surface area contributed by atoms with Crippen LogP contribution in [-0.2, 0) is 9.47 Å². The third-order valence-electron chi connectivity index (χ3n) is 7.70. The minimum atomic E-state index is -0.234. The van der Waals surface area contributed by atoms with Crippen molar-refractivity contribution in [1.82, 2.24) is 0 Å². The van der Waals surface area contributed by atoms with Gasteiger partial charge in [-0.15, -0.1) is 0 Å². The van der Waals surface area contributed by atoms with Crippen LogP contribution in [0.5, 0.6) is 5.75 Å². The summed E-state index contributed by atoms with van der Waals surface area (Å²) in [5.41, 5.74) is 1.08. The van der Waals surface area contributed by atoms with Crippen molar-refractivity contribution in [2.24, 2.45) is 17.8 Å². The minimum Gasteiger partial charge on any atom is -0.490 e. The van der Waals surface area contributed by atoms with Gasteiger partial charge in [0.25, 0.3) is 0 Å². The predicted molar refractivity (Wildman–Crippen MR) is 142 cm³/mol. The Morgan fingerprint density at radius 2 is 1.38 bits per heavy atom. The maximum atomic E-state index is 6.02. The second-order valence-corrected chi connectivity index (χ2v) is 10.7. The fraction of sp³-hybridized carbons (Fsp3) is 0.742. The van der Waals surface area contributed by atoms with Crippen molar-refractivity contribution in [3.8, 4) is 5.75 Å². The van der Waals surface area contributed by atoms with Crippen LogP contribution in [0.15, 0.2) is 36.4 Å². The van der Waals surface area contributed by atoms with Gasteiger partial charge >= 0.3 is 0 Å². The normalized spacial score (nSPS) is 25.6. The predicted octanol–water partition coefficient (Wildman–Crippen LogP) is 9.03. The minimum absolute atomic E-state index is 0.234. The number of rotatable bonds is 15. The average molecular weight is 471 g/mol. The number of ether oxygens (including phenoxy) is 3. The Morgan fingerprint density at radius 3 is 2.09 bits per heavy atom. The number of allylic oxidation sites excluding steroid dienone is 1. The Morgan fingerprint density at radius 1 is 0.765 bits per heavy atom. The number of benzene rings is 1. The molecule has 34 heavy (non-hydrogen) atoms. The van der Waals surface area contributed by atoms with E-state index in [-0.39, 0.29) is 6.29 Å². The zero-order chi connectivity index (χ0) is 23.8. The number of unbranched alkanes of at least 4 members (excludes halogenated alkanes) is 6. The van der Waals surface area contributed by atoms with E-state index in [4.69, 9.17) is 14.2 Å². The standard InChI is InChI=1S/C31H50O3/c1-3-5-7-8-10-13-28-24-33-31(34-25-28)29-19-21-30(22-20-29)32-23-11-14-27-17-15-26(16-18-27)12-9-6-4-2/h11,14,19-22,26-28,31H,3-10,12-13,15-18,23-25H2,1-2H3/b14-11+/t26-,27-,28-,31-. The van der Waals surface area contributed by atoms with Gasteiger partial charge in [0.1, 0.15) is 12.4 Å². The Hall–Kier alpha value is -1.32. The van der Waals surface area contributed by atoms with Crippen LogP contribution >= 0.6 is 0 Å². The summed E-state index contributed by atoms with van der Waals surface area (Å²) in [6.07, 6.45) is 23.4. The maximum Gasteiger partial charge on any atom is 0.183 e. The molecule has 1 aliphatic heterocycles. The molecule has 1 saturated heterocycles. The molecule has 0 amide bonds. The third kappa shape index (κ3) is 10.1. The first-order valence-electron chi connectivity index (χ1n) is 14.4. The van der Waals surface area contributed by atoms with Gasteiger partial charge in [0.15, 0.2) is 6.29 Å². The number of hydrogen-bond donors (Lipinski definition) is 0. The van der Waals surface area contributed by atoms with Gasteiger partial charge in [0.2, 0.25) is 0 Å². The topological polar surface area (TPSA) is 27.7 Å². The fourth-order valence-corrected chi connectivity index (χ4v) is 5.40. The molecule has 2 fully saturated rings. The highest BCUT2D eigenvalue weighted by Gasteiger charge is 2.23. The molecule has 2 aliphatic rings. The molecule has 1 aromatic carbocycles. The molecule has 1 aromatic rings. The molecule has 0 spiro atoms. The lowest BCUT2D eigenvalue weighted by molar-refractivity contribution is -0.206. The van der Waals surface area contributed by atoms with E-state index in [0.717, 1.165) is 36.4 Å². The van der Waals surface area contributed by atoms with Crippen molar-refractivity contribution >= 4 is 0 Å². The van der Waals surface area contributed by atoms with Crippen LogP contribution in [0.3, 0.4) is 0 Å². The Labute approximate surface area is 209 Å². The molecule has 0 unspecified atom stereocenters. The molecule has 0 radical (unpaired) electrons. The lowest BCUT2D eigenvalue weighted by Gasteiger charge is -2.29. The molecule has 3 nitrogen and oxygen atoms in total. The van der Waals surface area contributed by atoms with E-state index in [1.165, 1.54) is 89.9 Å². The molecule has 0 atom stereocenters. The van der Waals surface area contributed by atoms with Crippen LogP contribution < -0.4 is 4.74 Å². The van der Waals surface area contributed by atoms with Crippen molar-refractivity contribution in [1.29, 1.82) is 0 Å². The van der Waals surface area contributed by atoms with E-state index in [2.05, 4.69) is 38.1 Å². The quantitative estimate of drug-likeness (QED) is 0.189. The summed E-state index contributed by atoms with van der Waals surface area (Å²) in [5.74, 6) is 3.18. The van der Waals surface area contributed by atoms with E-state index < -0.39 is 0 Å². The van der Waals surface area contributed by atoms with Gasteiger partial charge < -0.3 is 14.2 Å². The maximum absolute atomic E-state index is 6.02. The van der Waals surface area contributed by atoms with Crippen LogP contribution in [0, 0.1) is 17.8 Å². The van der Waals surface area contributed by atoms with E-state index in [1.807, 2.05) is 12.1 Å². The second-order valence-electron chi connectivity index (χ2n) is 10.7. The fourth-order valence-electron chi connectivity index (χ4n) is 5.40. The van der Waals surface area contributed by atoms with E-state index in [1.54, 1.807) is 0 Å². The smallest absolute Gasteiger partial charge is 0.183 e. The van der Waals surface area contributed by atoms with Gasteiger partial charge in [0.05, 0.1) is 13.2 Å². The number of hydrogen-bond acceptors (Lipinski definition) is 3. The zero-order valence-corrected chi connectivity index (χ0v) is 22.0. The molecular weight excluding hydrogens is 420 g/mol. The SMILES string of the molecule is CCCCCCC[C@H]1CO[C@H](c2ccc(OC/C=C/[C@H]3CC[C@H](CCCCC)CC3)cc2)OC1. The summed E-state index contributed by atoms with van der Waals surface area (Å²) >= 11 is 0. The van der Waals surface area contributed by atoms with Gasteiger partial charge in [-0.1, -0.05) is 95.9 Å². The average Bonchev–Trinajstić information content (AvgIpc) is 2.88. The highest BCUT2D eigenvalue weighted by molar-refractivity contribution is 5.28. The van der Waals surface area contributed by atoms with Crippen molar-refractivity contribution in [2.75, 3.05) is 19.8 Å². The summed E-state index contributed by atoms with van der Waals surface area (Å²) in [7, 11) is 0. The summed E-state index contributed by atoms with van der Waals surface area (Å²) in [6.45, 7) is 6.82. The molecule has 0 bridgehead atoms. The zero-order valence-electron chi connectivity index (χ0n) is 22.0. The van der Waals surface area contributed by atoms with Gasteiger partial charge in [-0.2, -0.15) is 0 Å². The Bertz CT molecular complexity index is 652. The molecule has 1 heterocycles. The van der Waals surface area contributed by atoms with Crippen LogP contribution in [0.25, 0.3) is 0 Å². The molecular formula is C31H50O3. The summed E-state index contributed by atoms with van der Waals surface area (Å²) in [4.78, 5) is 0. The molecule has 0 N–H and O–H groups in total. The van der Waals surface area contributed by atoms with E-state index in [0.29, 0.717) is 12.5 Å². The lowest BCUT2D eigenvalue weighted by Crippen LogP contribution is -2.27. The highest BCUT2D eigenvalue weighted by atomic mass is 16.7. The van der Waals surface area contributed by atoms with Gasteiger partial charge in [-0.25, -0.2) is 0 Å². The van der Waals surface area contributed by atoms with Gasteiger partial charge in [0, 0.05) is 11.5 Å². The van der Waals surface area contributed by atoms with Crippen LogP contribution in [0.2, 0.25) is 0 Å². The molecule has 0 aromatic heterocycles.